The monoisotopic (exact) mass is 425 g/mol. The van der Waals surface area contributed by atoms with Crippen LogP contribution in [0.1, 0.15) is 16.2 Å². The summed E-state index contributed by atoms with van der Waals surface area (Å²) in [7, 11) is 1.52. The average molecular weight is 425 g/mol. The Morgan fingerprint density at radius 3 is 2.74 bits per heavy atom. The minimum atomic E-state index is -0.547. The molecule has 1 N–H and O–H groups in total. The zero-order valence-electron chi connectivity index (χ0n) is 16.7. The lowest BCUT2D eigenvalue weighted by Gasteiger charge is -2.26. The number of amides is 2. The highest BCUT2D eigenvalue weighted by Crippen LogP contribution is 2.17. The lowest BCUT2D eigenvalue weighted by atomic mass is 10.2. The van der Waals surface area contributed by atoms with Crippen LogP contribution in [0.15, 0.2) is 53.3 Å². The van der Waals surface area contributed by atoms with Crippen molar-refractivity contribution in [2.24, 2.45) is 0 Å². The molecule has 0 spiro atoms. The number of fused-ring (bicyclic) bond motifs is 1. The molecule has 3 aromatic rings. The summed E-state index contributed by atoms with van der Waals surface area (Å²) >= 11 is 0. The molecule has 0 saturated heterocycles. The van der Waals surface area contributed by atoms with Gasteiger partial charge in [-0.15, -0.1) is 5.10 Å². The summed E-state index contributed by atoms with van der Waals surface area (Å²) in [4.78, 5) is 39.2. The van der Waals surface area contributed by atoms with Gasteiger partial charge in [-0.05, 0) is 18.2 Å². The van der Waals surface area contributed by atoms with Crippen LogP contribution in [0.25, 0.3) is 0 Å². The van der Waals surface area contributed by atoms with E-state index in [-0.39, 0.29) is 32.0 Å². The van der Waals surface area contributed by atoms with E-state index >= 15 is 0 Å². The van der Waals surface area contributed by atoms with Crippen LogP contribution in [0.2, 0.25) is 0 Å². The van der Waals surface area contributed by atoms with Crippen molar-refractivity contribution in [3.63, 3.8) is 0 Å². The topological polar surface area (TPSA) is 98.5 Å². The van der Waals surface area contributed by atoms with E-state index in [2.05, 4.69) is 10.4 Å². The lowest BCUT2D eigenvalue weighted by Crippen LogP contribution is -2.42. The molecule has 0 bridgehead atoms. The molecule has 10 heteroatoms. The number of benzene rings is 2. The summed E-state index contributed by atoms with van der Waals surface area (Å²) < 4.78 is 21.2. The van der Waals surface area contributed by atoms with Crippen LogP contribution in [0, 0.1) is 5.82 Å². The minimum absolute atomic E-state index is 0.0678. The fourth-order valence-corrected chi connectivity index (χ4v) is 3.39. The number of nitrogens with one attached hydrogen (secondary N) is 1. The standard InChI is InChI=1S/C21H20FN5O4/c1-31-16-7-4-6-15(11-16)23-18(28)13-27-21(30)26-10-9-25(20(29)19(26)24-27)12-14-5-2-3-8-17(14)22/h2-8,11H,9-10,12-13H2,1H3,(H,23,28). The van der Waals surface area contributed by atoms with E-state index < -0.39 is 23.3 Å². The van der Waals surface area contributed by atoms with Crippen molar-refractivity contribution in [1.82, 2.24) is 19.2 Å². The SMILES string of the molecule is COc1cccc(NC(=O)Cn2nc3n(c2=O)CCN(Cc2ccccc2F)C3=O)c1. The van der Waals surface area contributed by atoms with Gasteiger partial charge in [0.2, 0.25) is 11.7 Å². The van der Waals surface area contributed by atoms with Crippen LogP contribution in [0.3, 0.4) is 0 Å². The van der Waals surface area contributed by atoms with E-state index in [1.54, 1.807) is 42.5 Å². The molecule has 0 radical (unpaired) electrons. The van der Waals surface area contributed by atoms with Gasteiger partial charge in [-0.25, -0.2) is 13.9 Å². The Kier molecular flexibility index (Phi) is 5.52. The van der Waals surface area contributed by atoms with Crippen molar-refractivity contribution < 1.29 is 18.7 Å². The summed E-state index contributed by atoms with van der Waals surface area (Å²) in [5.74, 6) is -0.854. The molecule has 2 amide bonds. The van der Waals surface area contributed by atoms with Gasteiger partial charge in [0, 0.05) is 37.0 Å². The number of halogens is 1. The second kappa shape index (κ2) is 8.42. The Balaban J connectivity index is 1.49. The summed E-state index contributed by atoms with van der Waals surface area (Å²) in [6.45, 7) is 0.174. The third kappa shape index (κ3) is 4.18. The van der Waals surface area contributed by atoms with Crippen molar-refractivity contribution in [2.75, 3.05) is 19.0 Å². The molecule has 1 aromatic heterocycles. The maximum atomic E-state index is 13.9. The van der Waals surface area contributed by atoms with Gasteiger partial charge in [0.15, 0.2) is 0 Å². The third-order valence-electron chi connectivity index (χ3n) is 4.96. The number of carbonyl (C=O) groups is 2. The van der Waals surface area contributed by atoms with E-state index in [4.69, 9.17) is 4.74 Å². The van der Waals surface area contributed by atoms with Gasteiger partial charge in [-0.1, -0.05) is 24.3 Å². The van der Waals surface area contributed by atoms with E-state index in [1.165, 1.54) is 22.6 Å². The Bertz CT molecular complexity index is 1200. The molecule has 0 aliphatic carbocycles. The summed E-state index contributed by atoms with van der Waals surface area (Å²) in [5, 5.41) is 6.72. The second-order valence-electron chi connectivity index (χ2n) is 7.01. The highest BCUT2D eigenvalue weighted by molar-refractivity contribution is 5.92. The number of ether oxygens (including phenoxy) is 1. The van der Waals surface area contributed by atoms with Gasteiger partial charge in [-0.2, -0.15) is 0 Å². The minimum Gasteiger partial charge on any atom is -0.497 e. The predicted octanol–water partition coefficient (Wildman–Crippen LogP) is 1.49. The van der Waals surface area contributed by atoms with Crippen molar-refractivity contribution in [3.05, 3.63) is 76.2 Å². The Labute approximate surface area is 176 Å². The molecule has 31 heavy (non-hydrogen) atoms. The number of anilines is 1. The molecule has 4 rings (SSSR count). The quantitative estimate of drug-likeness (QED) is 0.645. The Morgan fingerprint density at radius 2 is 1.97 bits per heavy atom. The van der Waals surface area contributed by atoms with Crippen LogP contribution in [0.4, 0.5) is 10.1 Å². The predicted molar refractivity (Wildman–Crippen MR) is 109 cm³/mol. The highest BCUT2D eigenvalue weighted by Gasteiger charge is 2.30. The highest BCUT2D eigenvalue weighted by atomic mass is 19.1. The van der Waals surface area contributed by atoms with Crippen LogP contribution in [0.5, 0.6) is 5.75 Å². The first-order valence-electron chi connectivity index (χ1n) is 9.60. The molecule has 9 nitrogen and oxygen atoms in total. The van der Waals surface area contributed by atoms with Gasteiger partial charge >= 0.3 is 5.69 Å². The van der Waals surface area contributed by atoms with Crippen molar-refractivity contribution in [1.29, 1.82) is 0 Å². The Hall–Kier alpha value is -3.95. The maximum Gasteiger partial charge on any atom is 0.346 e. The largest absolute Gasteiger partial charge is 0.497 e. The molecule has 1 aliphatic heterocycles. The fraction of sp³-hybridized carbons (Fsp3) is 0.238. The lowest BCUT2D eigenvalue weighted by molar-refractivity contribution is -0.117. The fourth-order valence-electron chi connectivity index (χ4n) is 3.39. The number of carbonyl (C=O) groups excluding carboxylic acids is 2. The number of hydrogen-bond acceptors (Lipinski definition) is 5. The maximum absolute atomic E-state index is 13.9. The molecular weight excluding hydrogens is 405 g/mol. The molecular formula is C21H20FN5O4. The van der Waals surface area contributed by atoms with Gasteiger partial charge in [0.25, 0.3) is 5.91 Å². The van der Waals surface area contributed by atoms with Crippen molar-refractivity contribution >= 4 is 17.5 Å². The third-order valence-corrected chi connectivity index (χ3v) is 4.96. The molecule has 2 aromatic carbocycles. The molecule has 0 saturated carbocycles. The first-order valence-corrected chi connectivity index (χ1v) is 9.60. The van der Waals surface area contributed by atoms with E-state index in [9.17, 15) is 18.8 Å². The van der Waals surface area contributed by atoms with Gasteiger partial charge < -0.3 is 15.0 Å². The van der Waals surface area contributed by atoms with Gasteiger partial charge in [0.05, 0.1) is 7.11 Å². The zero-order valence-corrected chi connectivity index (χ0v) is 16.7. The normalized spacial score (nSPS) is 13.1. The second-order valence-corrected chi connectivity index (χ2v) is 7.01. The van der Waals surface area contributed by atoms with Crippen LogP contribution in [-0.2, 0) is 24.4 Å². The summed E-state index contributed by atoms with van der Waals surface area (Å²) in [6, 6.07) is 13.0. The van der Waals surface area contributed by atoms with Crippen molar-refractivity contribution in [3.8, 4) is 5.75 Å². The van der Waals surface area contributed by atoms with Crippen LogP contribution < -0.4 is 15.7 Å². The number of nitrogens with zero attached hydrogens (tertiary/aromatic N) is 4. The number of hydrogen-bond donors (Lipinski definition) is 1. The van der Waals surface area contributed by atoms with E-state index in [1.807, 2.05) is 0 Å². The zero-order chi connectivity index (χ0) is 22.0. The number of aromatic nitrogens is 3. The van der Waals surface area contributed by atoms with Crippen molar-refractivity contribution in [2.45, 2.75) is 19.6 Å². The molecule has 1 aliphatic rings. The van der Waals surface area contributed by atoms with Gasteiger partial charge in [0.1, 0.15) is 18.1 Å². The summed E-state index contributed by atoms with van der Waals surface area (Å²) in [5.41, 5.74) is 0.340. The number of methoxy groups -OCH3 is 1. The van der Waals surface area contributed by atoms with Crippen LogP contribution in [-0.4, -0.2) is 44.7 Å². The molecule has 0 atom stereocenters. The van der Waals surface area contributed by atoms with E-state index in [0.29, 0.717) is 17.0 Å². The average Bonchev–Trinajstić information content (AvgIpc) is 3.07. The molecule has 0 unspecified atom stereocenters. The molecule has 160 valence electrons. The molecule has 2 heterocycles. The van der Waals surface area contributed by atoms with E-state index in [0.717, 1.165) is 4.68 Å². The van der Waals surface area contributed by atoms with Crippen LogP contribution >= 0.6 is 0 Å². The smallest absolute Gasteiger partial charge is 0.346 e. The first-order chi connectivity index (χ1) is 15.0. The first kappa shape index (κ1) is 20.3. The number of rotatable bonds is 6. The Morgan fingerprint density at radius 1 is 1.16 bits per heavy atom. The molecule has 0 fully saturated rings. The van der Waals surface area contributed by atoms with Gasteiger partial charge in [-0.3, -0.25) is 14.2 Å². The summed E-state index contributed by atoms with van der Waals surface area (Å²) in [6.07, 6.45) is 0.